The normalized spacial score (nSPS) is 14.8. The van der Waals surface area contributed by atoms with Crippen LogP contribution in [-0.4, -0.2) is 47.5 Å². The molecule has 2 rings (SSSR count). The summed E-state index contributed by atoms with van der Waals surface area (Å²) in [4.78, 5) is 18.1. The third kappa shape index (κ3) is 6.80. The molecule has 0 saturated carbocycles. The molecule has 0 bridgehead atoms. The van der Waals surface area contributed by atoms with Crippen LogP contribution in [0.25, 0.3) is 0 Å². The minimum atomic E-state index is 0. The van der Waals surface area contributed by atoms with Crippen molar-refractivity contribution in [3.63, 3.8) is 0 Å². The maximum atomic E-state index is 11.5. The summed E-state index contributed by atoms with van der Waals surface area (Å²) in [5, 5.41) is 6.58. The summed E-state index contributed by atoms with van der Waals surface area (Å²) < 4.78 is 2.03. The van der Waals surface area contributed by atoms with Crippen molar-refractivity contribution in [2.75, 3.05) is 26.2 Å². The Bertz CT molecular complexity index is 514. The first kappa shape index (κ1) is 19.8. The summed E-state index contributed by atoms with van der Waals surface area (Å²) in [5.74, 6) is 1.13. The van der Waals surface area contributed by atoms with E-state index in [4.69, 9.17) is 0 Å². The molecule has 23 heavy (non-hydrogen) atoms. The van der Waals surface area contributed by atoms with E-state index in [0.717, 1.165) is 45.0 Å². The minimum absolute atomic E-state index is 0. The van der Waals surface area contributed by atoms with Crippen LogP contribution in [0.15, 0.2) is 23.5 Å². The van der Waals surface area contributed by atoms with E-state index in [1.807, 2.05) is 22.7 Å². The number of nitrogens with one attached hydrogen (secondary N) is 2. The van der Waals surface area contributed by atoms with Gasteiger partial charge in [0, 0.05) is 52.0 Å². The molecule has 2 heterocycles. The molecule has 2 N–H and O–H groups in total. The molecule has 1 fully saturated rings. The maximum Gasteiger partial charge on any atom is 0.222 e. The molecule has 7 heteroatoms. The second kappa shape index (κ2) is 10.5. The van der Waals surface area contributed by atoms with Crippen LogP contribution < -0.4 is 10.6 Å². The van der Waals surface area contributed by atoms with Gasteiger partial charge in [0.1, 0.15) is 0 Å². The first-order chi connectivity index (χ1) is 10.7. The van der Waals surface area contributed by atoms with E-state index in [2.05, 4.69) is 34.8 Å². The maximum absolute atomic E-state index is 11.5. The third-order valence-corrected chi connectivity index (χ3v) is 3.73. The van der Waals surface area contributed by atoms with Gasteiger partial charge in [0.25, 0.3) is 0 Å². The number of hydrogen-bond acceptors (Lipinski definition) is 2. The zero-order chi connectivity index (χ0) is 15.8. The second-order valence-corrected chi connectivity index (χ2v) is 5.65. The fourth-order valence-corrected chi connectivity index (χ4v) is 2.58. The van der Waals surface area contributed by atoms with Gasteiger partial charge >= 0.3 is 0 Å². The molecule has 1 aromatic heterocycles. The first-order valence-corrected chi connectivity index (χ1v) is 8.10. The molecule has 0 unspecified atom stereocenters. The third-order valence-electron chi connectivity index (χ3n) is 3.73. The summed E-state index contributed by atoms with van der Waals surface area (Å²) in [6.45, 7) is 6.14. The van der Waals surface area contributed by atoms with Gasteiger partial charge in [-0.05, 0) is 31.4 Å². The van der Waals surface area contributed by atoms with Crippen LogP contribution in [0.1, 0.15) is 31.7 Å². The van der Waals surface area contributed by atoms with Gasteiger partial charge in [0.05, 0.1) is 6.54 Å². The predicted molar refractivity (Wildman–Crippen MR) is 104 cm³/mol. The van der Waals surface area contributed by atoms with Crippen LogP contribution in [0, 0.1) is 0 Å². The van der Waals surface area contributed by atoms with Gasteiger partial charge in [-0.3, -0.25) is 4.79 Å². The SMILES string of the molecule is CCNC(=NCc1ccn(C)c1)NCCCN1CCCC1=O.I. The number of aliphatic imine (C=N–C) groups is 1. The monoisotopic (exact) mass is 433 g/mol. The van der Waals surface area contributed by atoms with Crippen molar-refractivity contribution < 1.29 is 4.79 Å². The molecule has 0 aliphatic carbocycles. The van der Waals surface area contributed by atoms with E-state index in [9.17, 15) is 4.79 Å². The van der Waals surface area contributed by atoms with Crippen molar-refractivity contribution in [1.82, 2.24) is 20.1 Å². The van der Waals surface area contributed by atoms with Crippen molar-refractivity contribution in [2.45, 2.75) is 32.7 Å². The van der Waals surface area contributed by atoms with Gasteiger partial charge in [-0.15, -0.1) is 24.0 Å². The lowest BCUT2D eigenvalue weighted by molar-refractivity contribution is -0.127. The molecule has 0 radical (unpaired) electrons. The van der Waals surface area contributed by atoms with E-state index in [-0.39, 0.29) is 24.0 Å². The van der Waals surface area contributed by atoms with Crippen molar-refractivity contribution in [3.05, 3.63) is 24.0 Å². The molecule has 0 atom stereocenters. The van der Waals surface area contributed by atoms with Crippen LogP contribution in [0.3, 0.4) is 0 Å². The Hall–Kier alpha value is -1.25. The van der Waals surface area contributed by atoms with Crippen molar-refractivity contribution in [2.24, 2.45) is 12.0 Å². The van der Waals surface area contributed by atoms with E-state index in [0.29, 0.717) is 18.9 Å². The van der Waals surface area contributed by atoms with Gasteiger partial charge in [0.15, 0.2) is 5.96 Å². The van der Waals surface area contributed by atoms with Crippen molar-refractivity contribution >= 4 is 35.8 Å². The summed E-state index contributed by atoms with van der Waals surface area (Å²) in [6, 6.07) is 2.08. The summed E-state index contributed by atoms with van der Waals surface area (Å²) >= 11 is 0. The zero-order valence-electron chi connectivity index (χ0n) is 14.0. The molecule has 0 spiro atoms. The smallest absolute Gasteiger partial charge is 0.222 e. The number of amides is 1. The fraction of sp³-hybridized carbons (Fsp3) is 0.625. The zero-order valence-corrected chi connectivity index (χ0v) is 16.4. The Labute approximate surface area is 155 Å². The minimum Gasteiger partial charge on any atom is -0.357 e. The topological polar surface area (TPSA) is 61.7 Å². The van der Waals surface area contributed by atoms with Crippen LogP contribution in [0.4, 0.5) is 0 Å². The Morgan fingerprint density at radius 1 is 1.39 bits per heavy atom. The van der Waals surface area contributed by atoms with Gasteiger partial charge in [-0.25, -0.2) is 4.99 Å². The summed E-state index contributed by atoms with van der Waals surface area (Å²) in [7, 11) is 2.01. The molecule has 1 aliphatic heterocycles. The van der Waals surface area contributed by atoms with Crippen LogP contribution in [-0.2, 0) is 18.4 Å². The summed E-state index contributed by atoms with van der Waals surface area (Å²) in [5.41, 5.74) is 1.20. The Kier molecular flexibility index (Phi) is 9.05. The number of guanidine groups is 1. The number of aryl methyl sites for hydroxylation is 1. The van der Waals surface area contributed by atoms with Gasteiger partial charge in [-0.2, -0.15) is 0 Å². The standard InChI is InChI=1S/C16H27N5O.HI/c1-3-17-16(19-12-14-7-11-20(2)13-14)18-8-5-10-21-9-4-6-15(21)22;/h7,11,13H,3-6,8-10,12H2,1-2H3,(H2,17,18,19);1H. The van der Waals surface area contributed by atoms with E-state index in [1.54, 1.807) is 0 Å². The lowest BCUT2D eigenvalue weighted by atomic mass is 10.3. The highest BCUT2D eigenvalue weighted by atomic mass is 127. The first-order valence-electron chi connectivity index (χ1n) is 8.10. The average molecular weight is 433 g/mol. The fourth-order valence-electron chi connectivity index (χ4n) is 2.58. The van der Waals surface area contributed by atoms with Gasteiger partial charge in [0.2, 0.25) is 5.91 Å². The number of rotatable bonds is 7. The van der Waals surface area contributed by atoms with Crippen molar-refractivity contribution in [3.8, 4) is 0 Å². The highest BCUT2D eigenvalue weighted by Crippen LogP contribution is 2.09. The van der Waals surface area contributed by atoms with E-state index < -0.39 is 0 Å². The van der Waals surface area contributed by atoms with Gasteiger partial charge < -0.3 is 20.1 Å². The molecule has 0 aromatic carbocycles. The molecule has 130 valence electrons. The number of carbonyl (C=O) groups is 1. The molecule has 6 nitrogen and oxygen atoms in total. The Balaban J connectivity index is 0.00000264. The quantitative estimate of drug-likeness (QED) is 0.298. The molecular weight excluding hydrogens is 405 g/mol. The molecule has 1 amide bonds. The number of likely N-dealkylation sites (tertiary alicyclic amines) is 1. The second-order valence-electron chi connectivity index (χ2n) is 5.65. The number of carbonyl (C=O) groups excluding carboxylic acids is 1. The predicted octanol–water partition coefficient (Wildman–Crippen LogP) is 1.71. The van der Waals surface area contributed by atoms with Crippen molar-refractivity contribution in [1.29, 1.82) is 0 Å². The van der Waals surface area contributed by atoms with E-state index >= 15 is 0 Å². The Morgan fingerprint density at radius 3 is 2.83 bits per heavy atom. The lowest BCUT2D eigenvalue weighted by Crippen LogP contribution is -2.39. The number of aromatic nitrogens is 1. The van der Waals surface area contributed by atoms with E-state index in [1.165, 1.54) is 5.56 Å². The molecule has 1 saturated heterocycles. The Morgan fingerprint density at radius 2 is 2.22 bits per heavy atom. The molecule has 1 aliphatic rings. The largest absolute Gasteiger partial charge is 0.357 e. The number of nitrogens with zero attached hydrogens (tertiary/aromatic N) is 3. The molecular formula is C16H28IN5O. The summed E-state index contributed by atoms with van der Waals surface area (Å²) in [6.07, 6.45) is 6.77. The van der Waals surface area contributed by atoms with Crippen LogP contribution >= 0.6 is 24.0 Å². The highest BCUT2D eigenvalue weighted by molar-refractivity contribution is 14.0. The van der Waals surface area contributed by atoms with Crippen LogP contribution in [0.2, 0.25) is 0 Å². The molecule has 1 aromatic rings. The number of hydrogen-bond donors (Lipinski definition) is 2. The lowest BCUT2D eigenvalue weighted by Gasteiger charge is -2.16. The number of halogens is 1. The average Bonchev–Trinajstić information content (AvgIpc) is 3.09. The van der Waals surface area contributed by atoms with Crippen LogP contribution in [0.5, 0.6) is 0 Å². The van der Waals surface area contributed by atoms with Gasteiger partial charge in [-0.1, -0.05) is 0 Å². The highest BCUT2D eigenvalue weighted by Gasteiger charge is 2.18.